The Bertz CT molecular complexity index is 908. The summed E-state index contributed by atoms with van der Waals surface area (Å²) in [7, 11) is 0. The summed E-state index contributed by atoms with van der Waals surface area (Å²) in [6.45, 7) is 8.50. The minimum absolute atomic E-state index is 0.134. The lowest BCUT2D eigenvalue weighted by molar-refractivity contribution is 0.102. The lowest BCUT2D eigenvalue weighted by Crippen LogP contribution is -2.22. The fraction of sp³-hybridized carbons (Fsp3) is 0.316. The van der Waals surface area contributed by atoms with Crippen molar-refractivity contribution in [2.24, 2.45) is 0 Å². The Labute approximate surface area is 156 Å². The third kappa shape index (κ3) is 4.49. The van der Waals surface area contributed by atoms with Crippen LogP contribution in [0.5, 0.6) is 5.75 Å². The molecule has 6 nitrogen and oxygen atoms in total. The SMILES string of the molecule is Cc1nc(COc2cccc(C(=O)Nc3cnn(C(C)(C)C)c3)c2)cs1. The lowest BCUT2D eigenvalue weighted by Gasteiger charge is -2.18. The van der Waals surface area contributed by atoms with Crippen molar-refractivity contribution in [3.63, 3.8) is 0 Å². The largest absolute Gasteiger partial charge is 0.487 e. The van der Waals surface area contributed by atoms with Crippen molar-refractivity contribution in [2.45, 2.75) is 39.8 Å². The summed E-state index contributed by atoms with van der Waals surface area (Å²) in [5.41, 5.74) is 1.94. The van der Waals surface area contributed by atoms with E-state index in [1.165, 1.54) is 0 Å². The number of amides is 1. The predicted octanol–water partition coefficient (Wildman–Crippen LogP) is 4.23. The average Bonchev–Trinajstić information content (AvgIpc) is 3.22. The number of anilines is 1. The molecule has 0 fully saturated rings. The molecule has 0 saturated heterocycles. The summed E-state index contributed by atoms with van der Waals surface area (Å²) in [5, 5.41) is 10.1. The number of aromatic nitrogens is 3. The molecular weight excluding hydrogens is 348 g/mol. The summed E-state index contributed by atoms with van der Waals surface area (Å²) in [6.07, 6.45) is 3.47. The van der Waals surface area contributed by atoms with E-state index in [9.17, 15) is 4.79 Å². The Morgan fingerprint density at radius 3 is 2.81 bits per heavy atom. The maximum atomic E-state index is 12.5. The molecule has 3 rings (SSSR count). The quantitative estimate of drug-likeness (QED) is 0.729. The van der Waals surface area contributed by atoms with Crippen molar-refractivity contribution in [3.05, 3.63) is 58.3 Å². The number of carbonyl (C=O) groups is 1. The van der Waals surface area contributed by atoms with Crippen LogP contribution < -0.4 is 10.1 Å². The minimum Gasteiger partial charge on any atom is -0.487 e. The van der Waals surface area contributed by atoms with E-state index >= 15 is 0 Å². The maximum Gasteiger partial charge on any atom is 0.255 e. The van der Waals surface area contributed by atoms with Crippen LogP contribution in [0, 0.1) is 6.92 Å². The number of aryl methyl sites for hydroxylation is 1. The predicted molar refractivity (Wildman–Crippen MR) is 103 cm³/mol. The molecule has 0 aliphatic heterocycles. The van der Waals surface area contributed by atoms with Crippen LogP contribution in [0.3, 0.4) is 0 Å². The second-order valence-electron chi connectivity index (χ2n) is 6.97. The lowest BCUT2D eigenvalue weighted by atomic mass is 10.1. The number of hydrogen-bond acceptors (Lipinski definition) is 5. The highest BCUT2D eigenvalue weighted by molar-refractivity contribution is 7.09. The number of hydrogen-bond donors (Lipinski definition) is 1. The standard InChI is InChI=1S/C19H22N4O2S/c1-13-21-16(12-26-13)11-25-17-7-5-6-14(8-17)18(24)22-15-9-20-23(10-15)19(2,3)4/h5-10,12H,11H2,1-4H3,(H,22,24). The number of thiazole rings is 1. The smallest absolute Gasteiger partial charge is 0.255 e. The molecule has 136 valence electrons. The van der Waals surface area contributed by atoms with Gasteiger partial charge in [0.2, 0.25) is 0 Å². The molecule has 1 amide bonds. The number of rotatable bonds is 5. The van der Waals surface area contributed by atoms with E-state index in [4.69, 9.17) is 4.74 Å². The van der Waals surface area contributed by atoms with Crippen molar-refractivity contribution in [1.29, 1.82) is 0 Å². The van der Waals surface area contributed by atoms with Gasteiger partial charge in [-0.05, 0) is 45.9 Å². The fourth-order valence-corrected chi connectivity index (χ4v) is 2.91. The van der Waals surface area contributed by atoms with Gasteiger partial charge >= 0.3 is 0 Å². The first-order chi connectivity index (χ1) is 12.3. The second-order valence-corrected chi connectivity index (χ2v) is 8.04. The summed E-state index contributed by atoms with van der Waals surface area (Å²) >= 11 is 1.59. The summed E-state index contributed by atoms with van der Waals surface area (Å²) < 4.78 is 7.56. The van der Waals surface area contributed by atoms with Crippen LogP contribution in [0.15, 0.2) is 42.0 Å². The van der Waals surface area contributed by atoms with Crippen LogP contribution in [0.2, 0.25) is 0 Å². The van der Waals surface area contributed by atoms with Crippen LogP contribution in [-0.4, -0.2) is 20.7 Å². The van der Waals surface area contributed by atoms with Gasteiger partial charge in [0.1, 0.15) is 12.4 Å². The molecule has 0 aliphatic carbocycles. The van der Waals surface area contributed by atoms with E-state index in [1.807, 2.05) is 29.2 Å². The molecule has 0 saturated carbocycles. The zero-order valence-corrected chi connectivity index (χ0v) is 16.1. The monoisotopic (exact) mass is 370 g/mol. The molecule has 26 heavy (non-hydrogen) atoms. The van der Waals surface area contributed by atoms with Gasteiger partial charge in [-0.15, -0.1) is 11.3 Å². The van der Waals surface area contributed by atoms with E-state index < -0.39 is 0 Å². The number of benzene rings is 1. The van der Waals surface area contributed by atoms with E-state index in [0.717, 1.165) is 10.7 Å². The molecular formula is C19H22N4O2S. The molecule has 0 atom stereocenters. The van der Waals surface area contributed by atoms with Crippen LogP contribution >= 0.6 is 11.3 Å². The Balaban J connectivity index is 1.65. The number of nitrogens with zero attached hydrogens (tertiary/aromatic N) is 3. The fourth-order valence-electron chi connectivity index (χ4n) is 2.32. The molecule has 0 unspecified atom stereocenters. The Morgan fingerprint density at radius 1 is 1.35 bits per heavy atom. The van der Waals surface area contributed by atoms with E-state index in [0.29, 0.717) is 23.6 Å². The van der Waals surface area contributed by atoms with Gasteiger partial charge in [0.15, 0.2) is 0 Å². The number of nitrogens with one attached hydrogen (secondary N) is 1. The highest BCUT2D eigenvalue weighted by Crippen LogP contribution is 2.19. The van der Waals surface area contributed by atoms with Gasteiger partial charge in [0.05, 0.1) is 28.1 Å². The maximum absolute atomic E-state index is 12.5. The van der Waals surface area contributed by atoms with Gasteiger partial charge in [-0.3, -0.25) is 9.48 Å². The van der Waals surface area contributed by atoms with Crippen molar-refractivity contribution >= 4 is 22.9 Å². The van der Waals surface area contributed by atoms with Gasteiger partial charge in [-0.25, -0.2) is 4.98 Å². The Hall–Kier alpha value is -2.67. The molecule has 2 aromatic heterocycles. The first-order valence-corrected chi connectivity index (χ1v) is 9.19. The first-order valence-electron chi connectivity index (χ1n) is 8.31. The topological polar surface area (TPSA) is 69.0 Å². The molecule has 0 bridgehead atoms. The molecule has 0 radical (unpaired) electrons. The molecule has 0 aliphatic rings. The Kier molecular flexibility index (Phi) is 5.08. The zero-order valence-electron chi connectivity index (χ0n) is 15.3. The van der Waals surface area contributed by atoms with Gasteiger partial charge in [-0.2, -0.15) is 5.10 Å². The van der Waals surface area contributed by atoms with E-state index in [1.54, 1.807) is 35.7 Å². The molecule has 1 aromatic carbocycles. The van der Waals surface area contributed by atoms with Crippen molar-refractivity contribution in [3.8, 4) is 5.75 Å². The number of ether oxygens (including phenoxy) is 1. The molecule has 0 spiro atoms. The Morgan fingerprint density at radius 2 is 2.15 bits per heavy atom. The van der Waals surface area contributed by atoms with Crippen LogP contribution in [0.4, 0.5) is 5.69 Å². The normalized spacial score (nSPS) is 11.4. The van der Waals surface area contributed by atoms with E-state index in [2.05, 4.69) is 36.2 Å². The van der Waals surface area contributed by atoms with Crippen molar-refractivity contribution in [1.82, 2.24) is 14.8 Å². The third-order valence-electron chi connectivity index (χ3n) is 3.68. The summed E-state index contributed by atoms with van der Waals surface area (Å²) in [4.78, 5) is 16.9. The van der Waals surface area contributed by atoms with Gasteiger partial charge < -0.3 is 10.1 Å². The molecule has 1 N–H and O–H groups in total. The number of carbonyl (C=O) groups excluding carboxylic acids is 1. The van der Waals surface area contributed by atoms with Crippen molar-refractivity contribution < 1.29 is 9.53 Å². The highest BCUT2D eigenvalue weighted by atomic mass is 32.1. The van der Waals surface area contributed by atoms with E-state index in [-0.39, 0.29) is 11.4 Å². The van der Waals surface area contributed by atoms with Crippen molar-refractivity contribution in [2.75, 3.05) is 5.32 Å². The highest BCUT2D eigenvalue weighted by Gasteiger charge is 2.15. The van der Waals surface area contributed by atoms with Crippen LogP contribution in [0.1, 0.15) is 41.8 Å². The first kappa shape index (κ1) is 18.1. The third-order valence-corrected chi connectivity index (χ3v) is 4.50. The van der Waals surface area contributed by atoms with Gasteiger partial charge in [-0.1, -0.05) is 6.07 Å². The molecule has 7 heteroatoms. The van der Waals surface area contributed by atoms with Gasteiger partial charge in [0.25, 0.3) is 5.91 Å². The summed E-state index contributed by atoms with van der Waals surface area (Å²) in [6, 6.07) is 7.11. The average molecular weight is 370 g/mol. The van der Waals surface area contributed by atoms with Gasteiger partial charge in [0, 0.05) is 17.1 Å². The molecule has 2 heterocycles. The summed E-state index contributed by atoms with van der Waals surface area (Å²) in [5.74, 6) is 0.433. The molecule has 3 aromatic rings. The second kappa shape index (κ2) is 7.29. The zero-order chi connectivity index (χ0) is 18.7. The van der Waals surface area contributed by atoms with Crippen LogP contribution in [0.25, 0.3) is 0 Å². The minimum atomic E-state index is -0.201. The van der Waals surface area contributed by atoms with Crippen LogP contribution in [-0.2, 0) is 12.1 Å².